The third-order valence-corrected chi connectivity index (χ3v) is 2.44. The smallest absolute Gasteiger partial charge is 0.273 e. The van der Waals surface area contributed by atoms with Crippen molar-refractivity contribution in [2.24, 2.45) is 0 Å². The molecule has 0 aliphatic carbocycles. The predicted octanol–water partition coefficient (Wildman–Crippen LogP) is 1.01. The van der Waals surface area contributed by atoms with Gasteiger partial charge in [0.05, 0.1) is 0 Å². The van der Waals surface area contributed by atoms with E-state index in [-0.39, 0.29) is 6.04 Å². The molecule has 1 aromatic carbocycles. The Morgan fingerprint density at radius 3 is 2.43 bits per heavy atom. The number of nitrogens with one attached hydrogen (secondary N) is 1. The van der Waals surface area contributed by atoms with Gasteiger partial charge in [-0.25, -0.2) is 0 Å². The van der Waals surface area contributed by atoms with Crippen LogP contribution < -0.4 is 4.72 Å². The summed E-state index contributed by atoms with van der Waals surface area (Å²) in [7, 11) is -4.09. The van der Waals surface area contributed by atoms with Crippen LogP contribution in [0.1, 0.15) is 12.5 Å². The van der Waals surface area contributed by atoms with Gasteiger partial charge in [0.15, 0.2) is 0 Å². The van der Waals surface area contributed by atoms with Crippen LogP contribution in [-0.2, 0) is 16.7 Å². The van der Waals surface area contributed by atoms with Crippen LogP contribution in [0.25, 0.3) is 0 Å². The van der Waals surface area contributed by atoms with Crippen molar-refractivity contribution in [1.29, 1.82) is 0 Å². The Hall–Kier alpha value is -0.910. The molecule has 1 aromatic rings. The zero-order valence-electron chi connectivity index (χ0n) is 7.84. The predicted molar refractivity (Wildman–Crippen MR) is 54.3 cm³/mol. The Balaban J connectivity index is 2.54. The van der Waals surface area contributed by atoms with Crippen LogP contribution in [0.4, 0.5) is 0 Å². The zero-order chi connectivity index (χ0) is 10.6. The van der Waals surface area contributed by atoms with E-state index in [1.807, 2.05) is 30.3 Å². The van der Waals surface area contributed by atoms with Crippen molar-refractivity contribution in [3.05, 3.63) is 35.9 Å². The number of benzene rings is 1. The maximum absolute atomic E-state index is 10.5. The molecule has 2 N–H and O–H groups in total. The second kappa shape index (κ2) is 4.54. The van der Waals surface area contributed by atoms with Crippen LogP contribution >= 0.6 is 0 Å². The van der Waals surface area contributed by atoms with E-state index in [0.717, 1.165) is 5.56 Å². The van der Waals surface area contributed by atoms with Gasteiger partial charge < -0.3 is 0 Å². The fourth-order valence-corrected chi connectivity index (χ4v) is 1.86. The van der Waals surface area contributed by atoms with E-state index in [9.17, 15) is 8.42 Å². The molecule has 0 fully saturated rings. The monoisotopic (exact) mass is 215 g/mol. The molecule has 0 amide bonds. The molecular weight excluding hydrogens is 202 g/mol. The first-order valence-corrected chi connectivity index (χ1v) is 5.70. The molecule has 0 saturated carbocycles. The van der Waals surface area contributed by atoms with Crippen molar-refractivity contribution >= 4 is 10.3 Å². The lowest BCUT2D eigenvalue weighted by molar-refractivity contribution is 0.455. The average molecular weight is 215 g/mol. The Kier molecular flexibility index (Phi) is 3.62. The molecule has 78 valence electrons. The van der Waals surface area contributed by atoms with E-state index in [2.05, 4.69) is 4.72 Å². The first-order chi connectivity index (χ1) is 6.47. The molecule has 4 nitrogen and oxygen atoms in total. The summed E-state index contributed by atoms with van der Waals surface area (Å²) in [6, 6.07) is 9.16. The van der Waals surface area contributed by atoms with Crippen LogP contribution in [-0.4, -0.2) is 19.0 Å². The van der Waals surface area contributed by atoms with E-state index in [1.54, 1.807) is 6.92 Å². The summed E-state index contributed by atoms with van der Waals surface area (Å²) in [4.78, 5) is 0. The summed E-state index contributed by atoms with van der Waals surface area (Å²) >= 11 is 0. The van der Waals surface area contributed by atoms with Crippen LogP contribution in [0.2, 0.25) is 0 Å². The lowest BCUT2D eigenvalue weighted by atomic mass is 10.1. The van der Waals surface area contributed by atoms with Gasteiger partial charge in [-0.3, -0.25) is 4.55 Å². The van der Waals surface area contributed by atoms with Gasteiger partial charge in [0.2, 0.25) is 0 Å². The molecule has 0 bridgehead atoms. The summed E-state index contributed by atoms with van der Waals surface area (Å²) in [5.74, 6) is 0. The van der Waals surface area contributed by atoms with E-state index in [0.29, 0.717) is 6.42 Å². The number of hydrogen-bond acceptors (Lipinski definition) is 2. The van der Waals surface area contributed by atoms with E-state index in [1.165, 1.54) is 0 Å². The van der Waals surface area contributed by atoms with Crippen LogP contribution in [0, 0.1) is 0 Å². The minimum atomic E-state index is -4.09. The molecule has 1 atom stereocenters. The summed E-state index contributed by atoms with van der Waals surface area (Å²) < 4.78 is 31.6. The highest BCUT2D eigenvalue weighted by Crippen LogP contribution is 2.02. The third-order valence-electron chi connectivity index (χ3n) is 1.73. The first-order valence-electron chi connectivity index (χ1n) is 4.26. The maximum atomic E-state index is 10.5. The van der Waals surface area contributed by atoms with Gasteiger partial charge in [0, 0.05) is 6.04 Å². The van der Waals surface area contributed by atoms with Crippen molar-refractivity contribution in [3.63, 3.8) is 0 Å². The van der Waals surface area contributed by atoms with Crippen LogP contribution in [0.3, 0.4) is 0 Å². The molecule has 0 heterocycles. The standard InChI is InChI=1S/C9H13NO3S/c1-8(10-14(11,12)13)7-9-5-3-2-4-6-9/h2-6,8,10H,7H2,1H3,(H,11,12,13). The van der Waals surface area contributed by atoms with Crippen molar-refractivity contribution in [2.45, 2.75) is 19.4 Å². The molecule has 5 heteroatoms. The van der Waals surface area contributed by atoms with Gasteiger partial charge in [-0.05, 0) is 18.9 Å². The molecule has 0 aliphatic rings. The second-order valence-electron chi connectivity index (χ2n) is 3.18. The number of hydrogen-bond donors (Lipinski definition) is 2. The lowest BCUT2D eigenvalue weighted by Gasteiger charge is -2.10. The minimum absolute atomic E-state index is 0.313. The van der Waals surface area contributed by atoms with Gasteiger partial charge in [-0.2, -0.15) is 13.1 Å². The molecule has 0 spiro atoms. The molecule has 1 unspecified atom stereocenters. The second-order valence-corrected chi connectivity index (χ2v) is 4.37. The summed E-state index contributed by atoms with van der Waals surface area (Å²) in [6.07, 6.45) is 0.556. The largest absolute Gasteiger partial charge is 0.333 e. The fourth-order valence-electron chi connectivity index (χ4n) is 1.26. The quantitative estimate of drug-likeness (QED) is 0.737. The Morgan fingerprint density at radius 1 is 1.36 bits per heavy atom. The molecule has 14 heavy (non-hydrogen) atoms. The summed E-state index contributed by atoms with van der Waals surface area (Å²) in [5, 5.41) is 0. The highest BCUT2D eigenvalue weighted by molar-refractivity contribution is 7.83. The Morgan fingerprint density at radius 2 is 1.93 bits per heavy atom. The fraction of sp³-hybridized carbons (Fsp3) is 0.333. The van der Waals surface area contributed by atoms with Crippen molar-refractivity contribution in [3.8, 4) is 0 Å². The van der Waals surface area contributed by atoms with Crippen LogP contribution in [0.5, 0.6) is 0 Å². The average Bonchev–Trinajstić information content (AvgIpc) is 2.02. The molecule has 0 aliphatic heterocycles. The van der Waals surface area contributed by atoms with Crippen LogP contribution in [0.15, 0.2) is 30.3 Å². The van der Waals surface area contributed by atoms with Gasteiger partial charge in [-0.1, -0.05) is 30.3 Å². The van der Waals surface area contributed by atoms with Crippen molar-refractivity contribution in [2.75, 3.05) is 0 Å². The van der Waals surface area contributed by atoms with E-state index >= 15 is 0 Å². The Labute approximate surface area is 83.8 Å². The molecular formula is C9H13NO3S. The molecule has 0 radical (unpaired) electrons. The Bertz CT molecular complexity index is 374. The molecule has 0 aromatic heterocycles. The highest BCUT2D eigenvalue weighted by atomic mass is 32.2. The van der Waals surface area contributed by atoms with E-state index < -0.39 is 10.3 Å². The molecule has 1 rings (SSSR count). The minimum Gasteiger partial charge on any atom is -0.273 e. The SMILES string of the molecule is CC(Cc1ccccc1)NS(=O)(=O)O. The van der Waals surface area contributed by atoms with Gasteiger partial charge >= 0.3 is 10.3 Å². The van der Waals surface area contributed by atoms with Crippen molar-refractivity contribution < 1.29 is 13.0 Å². The first kappa shape index (κ1) is 11.2. The topological polar surface area (TPSA) is 66.4 Å². The zero-order valence-corrected chi connectivity index (χ0v) is 8.66. The summed E-state index contributed by atoms with van der Waals surface area (Å²) in [5.41, 5.74) is 1.02. The lowest BCUT2D eigenvalue weighted by Crippen LogP contribution is -2.33. The third kappa shape index (κ3) is 4.36. The normalized spacial score (nSPS) is 13.9. The van der Waals surface area contributed by atoms with Crippen molar-refractivity contribution in [1.82, 2.24) is 4.72 Å². The van der Waals surface area contributed by atoms with Gasteiger partial charge in [-0.15, -0.1) is 0 Å². The number of rotatable bonds is 4. The van der Waals surface area contributed by atoms with Gasteiger partial charge in [0.1, 0.15) is 0 Å². The maximum Gasteiger partial charge on any atom is 0.333 e. The summed E-state index contributed by atoms with van der Waals surface area (Å²) in [6.45, 7) is 1.70. The molecule has 0 saturated heterocycles. The highest BCUT2D eigenvalue weighted by Gasteiger charge is 2.10. The van der Waals surface area contributed by atoms with Gasteiger partial charge in [0.25, 0.3) is 0 Å². The van der Waals surface area contributed by atoms with E-state index in [4.69, 9.17) is 4.55 Å².